The fourth-order valence-electron chi connectivity index (χ4n) is 2.72. The maximum absolute atomic E-state index is 6.56. The molecule has 0 heterocycles. The average molecular weight is 322 g/mol. The standard InChI is InChI=1S/C22H30N2/c1-7-10-18(11-8-2)19-13-12-16(6)21(22(19)24)17(9-3)14-20(23)15(4)5/h7-13,20H,1,4,14,23-24H2,2-3,5-6H3/b11-8-,17-9-,18-10+. The molecule has 1 aromatic rings. The van der Waals surface area contributed by atoms with Gasteiger partial charge in [-0.2, -0.15) is 0 Å². The van der Waals surface area contributed by atoms with Crippen LogP contribution in [0.3, 0.4) is 0 Å². The molecule has 2 nitrogen and oxygen atoms in total. The van der Waals surface area contributed by atoms with Gasteiger partial charge in [0.15, 0.2) is 0 Å². The highest BCUT2D eigenvalue weighted by molar-refractivity contribution is 5.89. The number of nitrogens with two attached hydrogens (primary N) is 2. The van der Waals surface area contributed by atoms with Crippen molar-refractivity contribution in [1.29, 1.82) is 0 Å². The van der Waals surface area contributed by atoms with E-state index in [-0.39, 0.29) is 6.04 Å². The van der Waals surface area contributed by atoms with Crippen molar-refractivity contribution in [2.75, 3.05) is 5.73 Å². The number of allylic oxidation sites excluding steroid dienone is 6. The van der Waals surface area contributed by atoms with Gasteiger partial charge in [-0.1, -0.05) is 61.2 Å². The molecule has 0 bridgehead atoms. The molecule has 1 aromatic carbocycles. The monoisotopic (exact) mass is 322 g/mol. The molecule has 128 valence electrons. The Morgan fingerprint density at radius 1 is 1.29 bits per heavy atom. The predicted octanol–water partition coefficient (Wildman–Crippen LogP) is 5.42. The topological polar surface area (TPSA) is 52.0 Å². The van der Waals surface area contributed by atoms with Gasteiger partial charge in [-0.05, 0) is 50.8 Å². The minimum atomic E-state index is -0.0719. The summed E-state index contributed by atoms with van der Waals surface area (Å²) in [4.78, 5) is 0. The summed E-state index contributed by atoms with van der Waals surface area (Å²) in [5, 5.41) is 0. The Bertz CT molecular complexity index is 703. The van der Waals surface area contributed by atoms with E-state index < -0.39 is 0 Å². The fraction of sp³-hybridized carbons (Fsp3) is 0.273. The lowest BCUT2D eigenvalue weighted by molar-refractivity contribution is 0.796. The third-order valence-corrected chi connectivity index (χ3v) is 4.15. The van der Waals surface area contributed by atoms with Gasteiger partial charge >= 0.3 is 0 Å². The molecule has 0 saturated heterocycles. The second-order valence-electron chi connectivity index (χ2n) is 6.05. The molecule has 0 saturated carbocycles. The first kappa shape index (κ1) is 19.7. The van der Waals surface area contributed by atoms with E-state index in [1.54, 1.807) is 6.08 Å². The van der Waals surface area contributed by atoms with Gasteiger partial charge in [-0.3, -0.25) is 0 Å². The molecule has 24 heavy (non-hydrogen) atoms. The zero-order chi connectivity index (χ0) is 18.3. The van der Waals surface area contributed by atoms with Crippen LogP contribution in [-0.2, 0) is 0 Å². The van der Waals surface area contributed by atoms with Gasteiger partial charge in [0, 0.05) is 22.9 Å². The van der Waals surface area contributed by atoms with Crippen molar-refractivity contribution in [1.82, 2.24) is 0 Å². The van der Waals surface area contributed by atoms with Gasteiger partial charge in [0.2, 0.25) is 0 Å². The molecule has 0 aliphatic rings. The molecule has 0 aliphatic heterocycles. The fourth-order valence-corrected chi connectivity index (χ4v) is 2.72. The van der Waals surface area contributed by atoms with Gasteiger partial charge in [0.05, 0.1) is 0 Å². The number of hydrogen-bond donors (Lipinski definition) is 2. The van der Waals surface area contributed by atoms with Crippen molar-refractivity contribution in [3.8, 4) is 0 Å². The van der Waals surface area contributed by atoms with Gasteiger partial charge in [-0.25, -0.2) is 0 Å². The minimum Gasteiger partial charge on any atom is -0.398 e. The lowest BCUT2D eigenvalue weighted by Gasteiger charge is -2.20. The highest BCUT2D eigenvalue weighted by Gasteiger charge is 2.16. The molecule has 0 fully saturated rings. The van der Waals surface area contributed by atoms with Crippen LogP contribution in [0, 0.1) is 6.92 Å². The van der Waals surface area contributed by atoms with Crippen LogP contribution in [0.1, 0.15) is 43.9 Å². The summed E-state index contributed by atoms with van der Waals surface area (Å²) in [7, 11) is 0. The van der Waals surface area contributed by atoms with Gasteiger partial charge in [0.25, 0.3) is 0 Å². The molecule has 1 rings (SSSR count). The number of aryl methyl sites for hydroxylation is 1. The average Bonchev–Trinajstić information content (AvgIpc) is 2.53. The Labute approximate surface area is 147 Å². The molecule has 0 spiro atoms. The van der Waals surface area contributed by atoms with E-state index in [1.807, 2.05) is 39.0 Å². The maximum atomic E-state index is 6.56. The number of anilines is 1. The van der Waals surface area contributed by atoms with E-state index in [0.29, 0.717) is 0 Å². The zero-order valence-corrected chi connectivity index (χ0v) is 15.4. The summed E-state index contributed by atoms with van der Waals surface area (Å²) in [6.07, 6.45) is 10.6. The van der Waals surface area contributed by atoms with E-state index >= 15 is 0 Å². The summed E-state index contributed by atoms with van der Waals surface area (Å²) < 4.78 is 0. The van der Waals surface area contributed by atoms with Crippen LogP contribution >= 0.6 is 0 Å². The Hall–Kier alpha value is -2.32. The van der Waals surface area contributed by atoms with Crippen molar-refractivity contribution in [3.63, 3.8) is 0 Å². The summed E-state index contributed by atoms with van der Waals surface area (Å²) >= 11 is 0. The minimum absolute atomic E-state index is 0.0719. The van der Waals surface area contributed by atoms with Crippen LogP contribution in [0.2, 0.25) is 0 Å². The number of hydrogen-bond acceptors (Lipinski definition) is 2. The van der Waals surface area contributed by atoms with Gasteiger partial charge < -0.3 is 11.5 Å². The first-order valence-electron chi connectivity index (χ1n) is 8.28. The first-order valence-corrected chi connectivity index (χ1v) is 8.28. The Kier molecular flexibility index (Phi) is 7.47. The first-order chi connectivity index (χ1) is 11.4. The summed E-state index contributed by atoms with van der Waals surface area (Å²) in [6.45, 7) is 15.8. The van der Waals surface area contributed by atoms with Crippen LogP contribution in [0.5, 0.6) is 0 Å². The van der Waals surface area contributed by atoms with Crippen LogP contribution in [0.4, 0.5) is 5.69 Å². The Balaban J connectivity index is 3.49. The summed E-state index contributed by atoms with van der Waals surface area (Å²) in [5.41, 5.74) is 20.0. The van der Waals surface area contributed by atoms with Crippen LogP contribution in [0.15, 0.2) is 61.2 Å². The highest BCUT2D eigenvalue weighted by Crippen LogP contribution is 2.35. The van der Waals surface area contributed by atoms with E-state index in [0.717, 1.165) is 45.5 Å². The second-order valence-corrected chi connectivity index (χ2v) is 6.05. The third-order valence-electron chi connectivity index (χ3n) is 4.15. The summed E-state index contributed by atoms with van der Waals surface area (Å²) in [6, 6.07) is 4.10. The molecular weight excluding hydrogens is 292 g/mol. The smallest absolute Gasteiger partial charge is 0.0472 e. The van der Waals surface area contributed by atoms with Crippen LogP contribution < -0.4 is 11.5 Å². The van der Waals surface area contributed by atoms with Crippen molar-refractivity contribution < 1.29 is 0 Å². The quantitative estimate of drug-likeness (QED) is 0.400. The van der Waals surface area contributed by atoms with Crippen LogP contribution in [0.25, 0.3) is 11.1 Å². The van der Waals surface area contributed by atoms with E-state index in [2.05, 4.69) is 38.3 Å². The highest BCUT2D eigenvalue weighted by atomic mass is 14.6. The zero-order valence-electron chi connectivity index (χ0n) is 15.4. The van der Waals surface area contributed by atoms with Gasteiger partial charge in [0.1, 0.15) is 0 Å². The SMILES string of the molecule is C=C/C=C(\C=C/C)c1ccc(C)c(/C(=C\C)CC(N)C(=C)C)c1N. The molecule has 2 heteroatoms. The molecule has 4 N–H and O–H groups in total. The van der Waals surface area contributed by atoms with Gasteiger partial charge in [-0.15, -0.1) is 0 Å². The molecule has 1 atom stereocenters. The molecule has 0 aliphatic carbocycles. The number of benzene rings is 1. The van der Waals surface area contributed by atoms with Crippen molar-refractivity contribution in [2.24, 2.45) is 5.73 Å². The van der Waals surface area contributed by atoms with E-state index in [1.165, 1.54) is 0 Å². The number of rotatable bonds is 7. The molecule has 0 radical (unpaired) electrons. The molecule has 0 aromatic heterocycles. The van der Waals surface area contributed by atoms with E-state index in [9.17, 15) is 0 Å². The molecule has 1 unspecified atom stereocenters. The summed E-state index contributed by atoms with van der Waals surface area (Å²) in [5.74, 6) is 0. The number of nitrogen functional groups attached to an aromatic ring is 1. The molecule has 0 amide bonds. The lowest BCUT2D eigenvalue weighted by atomic mass is 9.88. The van der Waals surface area contributed by atoms with Crippen molar-refractivity contribution in [3.05, 3.63) is 77.9 Å². The van der Waals surface area contributed by atoms with Crippen molar-refractivity contribution in [2.45, 2.75) is 40.2 Å². The Morgan fingerprint density at radius 3 is 2.46 bits per heavy atom. The molecular formula is C22H30N2. The maximum Gasteiger partial charge on any atom is 0.0472 e. The normalized spacial score (nSPS) is 14.0. The van der Waals surface area contributed by atoms with Crippen molar-refractivity contribution >= 4 is 16.8 Å². The van der Waals surface area contributed by atoms with Crippen LogP contribution in [-0.4, -0.2) is 6.04 Å². The third kappa shape index (κ3) is 4.59. The largest absolute Gasteiger partial charge is 0.398 e. The van der Waals surface area contributed by atoms with E-state index in [4.69, 9.17) is 11.5 Å². The second kappa shape index (κ2) is 9.09. The lowest BCUT2D eigenvalue weighted by Crippen LogP contribution is -2.21. The Morgan fingerprint density at radius 2 is 1.96 bits per heavy atom. The predicted molar refractivity (Wildman–Crippen MR) is 110 cm³/mol.